The van der Waals surface area contributed by atoms with Crippen LogP contribution in [0.25, 0.3) is 0 Å². The first kappa shape index (κ1) is 24.4. The average molecular weight is 537 g/mol. The number of hydrogen-bond acceptors (Lipinski definition) is 3. The Morgan fingerprint density at radius 2 is 2.07 bits per heavy atom. The lowest BCUT2D eigenvalue weighted by Crippen LogP contribution is -2.52. The Morgan fingerprint density at radius 1 is 1.28 bits per heavy atom. The van der Waals surface area contributed by atoms with Gasteiger partial charge in [0.15, 0.2) is 5.96 Å². The van der Waals surface area contributed by atoms with E-state index in [1.54, 1.807) is 12.1 Å². The van der Waals surface area contributed by atoms with Gasteiger partial charge < -0.3 is 15.0 Å². The fourth-order valence-electron chi connectivity index (χ4n) is 3.55. The molecule has 0 unspecified atom stereocenters. The van der Waals surface area contributed by atoms with Gasteiger partial charge in [-0.1, -0.05) is 29.3 Å². The minimum Gasteiger partial charge on any atom is -0.377 e. The fourth-order valence-corrected chi connectivity index (χ4v) is 3.77. The molecule has 0 atom stereocenters. The quantitative estimate of drug-likeness (QED) is 0.259. The van der Waals surface area contributed by atoms with Crippen LogP contribution in [-0.2, 0) is 11.3 Å². The predicted octanol–water partition coefficient (Wildman–Crippen LogP) is 3.92. The SMILES string of the molecule is CCNC(=NCCC1=CCOCC1)N1CCN(Cc2c(F)cccc2Cl)CC1.I. The third-order valence-electron chi connectivity index (χ3n) is 5.20. The van der Waals surface area contributed by atoms with Crippen LogP contribution in [0.5, 0.6) is 0 Å². The van der Waals surface area contributed by atoms with Crippen molar-refractivity contribution in [2.75, 3.05) is 52.5 Å². The molecule has 8 heteroatoms. The van der Waals surface area contributed by atoms with E-state index in [0.717, 1.165) is 71.3 Å². The highest BCUT2D eigenvalue weighted by molar-refractivity contribution is 14.0. The van der Waals surface area contributed by atoms with Gasteiger partial charge in [0.1, 0.15) is 5.82 Å². The zero-order valence-electron chi connectivity index (χ0n) is 17.0. The largest absolute Gasteiger partial charge is 0.377 e. The minimum atomic E-state index is -0.229. The summed E-state index contributed by atoms with van der Waals surface area (Å²) in [5.41, 5.74) is 2.03. The Labute approximate surface area is 195 Å². The summed E-state index contributed by atoms with van der Waals surface area (Å²) >= 11 is 6.17. The molecule has 2 aliphatic heterocycles. The van der Waals surface area contributed by atoms with E-state index in [1.165, 1.54) is 11.6 Å². The Balaban J connectivity index is 0.00000300. The molecule has 2 heterocycles. The van der Waals surface area contributed by atoms with Crippen LogP contribution in [0.3, 0.4) is 0 Å². The molecule has 0 aliphatic carbocycles. The summed E-state index contributed by atoms with van der Waals surface area (Å²) in [6, 6.07) is 4.87. The number of rotatable bonds is 6. The second kappa shape index (κ2) is 12.7. The highest BCUT2D eigenvalue weighted by Crippen LogP contribution is 2.21. The molecule has 1 aromatic carbocycles. The van der Waals surface area contributed by atoms with Gasteiger partial charge in [-0.2, -0.15) is 0 Å². The molecule has 2 aliphatic rings. The molecule has 1 saturated heterocycles. The van der Waals surface area contributed by atoms with Gasteiger partial charge in [0.2, 0.25) is 0 Å². The molecule has 1 aromatic rings. The van der Waals surface area contributed by atoms with Gasteiger partial charge in [-0.3, -0.25) is 9.89 Å². The van der Waals surface area contributed by atoms with Crippen LogP contribution in [0.15, 0.2) is 34.8 Å². The molecule has 0 amide bonds. The van der Waals surface area contributed by atoms with Gasteiger partial charge >= 0.3 is 0 Å². The third kappa shape index (κ3) is 7.38. The molecule has 162 valence electrons. The smallest absolute Gasteiger partial charge is 0.194 e. The van der Waals surface area contributed by atoms with Gasteiger partial charge in [-0.25, -0.2) is 4.39 Å². The number of nitrogens with one attached hydrogen (secondary N) is 1. The van der Waals surface area contributed by atoms with Crippen LogP contribution >= 0.6 is 35.6 Å². The van der Waals surface area contributed by atoms with E-state index in [4.69, 9.17) is 21.3 Å². The van der Waals surface area contributed by atoms with Crippen molar-refractivity contribution in [3.8, 4) is 0 Å². The molecule has 3 rings (SSSR count). The Hall–Kier alpha value is -0.900. The summed E-state index contributed by atoms with van der Waals surface area (Å²) in [7, 11) is 0. The zero-order chi connectivity index (χ0) is 19.8. The third-order valence-corrected chi connectivity index (χ3v) is 5.56. The van der Waals surface area contributed by atoms with Gasteiger partial charge in [0.25, 0.3) is 0 Å². The van der Waals surface area contributed by atoms with E-state index in [9.17, 15) is 4.39 Å². The maximum absolute atomic E-state index is 14.0. The number of benzene rings is 1. The second-order valence-electron chi connectivity index (χ2n) is 7.14. The maximum Gasteiger partial charge on any atom is 0.194 e. The lowest BCUT2D eigenvalue weighted by Gasteiger charge is -2.36. The number of aliphatic imine (C=N–C) groups is 1. The minimum absolute atomic E-state index is 0. The molecular formula is C21H31ClFIN4O. The van der Waals surface area contributed by atoms with Crippen LogP contribution in [0.4, 0.5) is 4.39 Å². The molecule has 0 spiro atoms. The Kier molecular flexibility index (Phi) is 10.7. The summed E-state index contributed by atoms with van der Waals surface area (Å²) in [6.45, 7) is 9.28. The number of ether oxygens (including phenoxy) is 1. The highest BCUT2D eigenvalue weighted by atomic mass is 127. The summed E-state index contributed by atoms with van der Waals surface area (Å²) in [4.78, 5) is 9.36. The first-order chi connectivity index (χ1) is 13.7. The van der Waals surface area contributed by atoms with Crippen molar-refractivity contribution in [2.24, 2.45) is 4.99 Å². The number of nitrogens with zero attached hydrogens (tertiary/aromatic N) is 3. The van der Waals surface area contributed by atoms with E-state index in [-0.39, 0.29) is 29.8 Å². The Morgan fingerprint density at radius 3 is 2.72 bits per heavy atom. The van der Waals surface area contributed by atoms with E-state index in [1.807, 2.05) is 0 Å². The molecule has 0 bridgehead atoms. The van der Waals surface area contributed by atoms with Gasteiger partial charge in [-0.05, 0) is 31.9 Å². The summed E-state index contributed by atoms with van der Waals surface area (Å²) in [5, 5.41) is 3.90. The van der Waals surface area contributed by atoms with Crippen molar-refractivity contribution in [3.05, 3.63) is 46.3 Å². The van der Waals surface area contributed by atoms with Crippen LogP contribution < -0.4 is 5.32 Å². The fraction of sp³-hybridized carbons (Fsp3) is 0.571. The van der Waals surface area contributed by atoms with Crippen LogP contribution in [0.2, 0.25) is 5.02 Å². The first-order valence-corrected chi connectivity index (χ1v) is 10.5. The molecule has 0 radical (unpaired) electrons. The number of halogens is 3. The summed E-state index contributed by atoms with van der Waals surface area (Å²) in [5.74, 6) is 0.742. The van der Waals surface area contributed by atoms with Crippen molar-refractivity contribution < 1.29 is 9.13 Å². The van der Waals surface area contributed by atoms with Gasteiger partial charge in [0, 0.05) is 56.4 Å². The first-order valence-electron chi connectivity index (χ1n) is 10.1. The number of piperazine rings is 1. The van der Waals surface area contributed by atoms with Crippen LogP contribution in [0, 0.1) is 5.82 Å². The predicted molar refractivity (Wildman–Crippen MR) is 128 cm³/mol. The molecule has 5 nitrogen and oxygen atoms in total. The molecule has 0 aromatic heterocycles. The highest BCUT2D eigenvalue weighted by Gasteiger charge is 2.21. The van der Waals surface area contributed by atoms with E-state index < -0.39 is 0 Å². The lowest BCUT2D eigenvalue weighted by atomic mass is 10.1. The normalized spacial score (nSPS) is 18.2. The molecule has 1 N–H and O–H groups in total. The topological polar surface area (TPSA) is 40.1 Å². The summed E-state index contributed by atoms with van der Waals surface area (Å²) in [6.07, 6.45) is 4.19. The van der Waals surface area contributed by atoms with Crippen molar-refractivity contribution in [2.45, 2.75) is 26.3 Å². The van der Waals surface area contributed by atoms with E-state index in [0.29, 0.717) is 17.1 Å². The molecule has 29 heavy (non-hydrogen) atoms. The number of hydrogen-bond donors (Lipinski definition) is 1. The molecule has 1 fully saturated rings. The monoisotopic (exact) mass is 536 g/mol. The average Bonchev–Trinajstić information content (AvgIpc) is 2.72. The van der Waals surface area contributed by atoms with Crippen LogP contribution in [0.1, 0.15) is 25.3 Å². The standard InChI is InChI=1S/C21H30ClFN4O.HI/c1-2-24-21(25-9-6-17-7-14-28-15-8-17)27-12-10-26(11-13-27)16-18-19(22)4-3-5-20(18)23;/h3-5,7H,2,6,8-16H2,1H3,(H,24,25);1H. The lowest BCUT2D eigenvalue weighted by molar-refractivity contribution is 0.153. The van der Waals surface area contributed by atoms with Crippen LogP contribution in [-0.4, -0.2) is 68.2 Å². The number of guanidine groups is 1. The van der Waals surface area contributed by atoms with E-state index >= 15 is 0 Å². The van der Waals surface area contributed by atoms with Crippen molar-refractivity contribution in [1.82, 2.24) is 15.1 Å². The Bertz CT molecular complexity index is 688. The van der Waals surface area contributed by atoms with Gasteiger partial charge in [0.05, 0.1) is 13.2 Å². The maximum atomic E-state index is 14.0. The molecule has 0 saturated carbocycles. The van der Waals surface area contributed by atoms with Gasteiger partial charge in [-0.15, -0.1) is 24.0 Å². The van der Waals surface area contributed by atoms with Crippen molar-refractivity contribution in [3.63, 3.8) is 0 Å². The van der Waals surface area contributed by atoms with Crippen molar-refractivity contribution in [1.29, 1.82) is 0 Å². The second-order valence-corrected chi connectivity index (χ2v) is 7.54. The zero-order valence-corrected chi connectivity index (χ0v) is 20.1. The summed E-state index contributed by atoms with van der Waals surface area (Å²) < 4.78 is 19.4. The van der Waals surface area contributed by atoms with Crippen molar-refractivity contribution >= 4 is 41.5 Å². The molecular weight excluding hydrogens is 506 g/mol. The van der Waals surface area contributed by atoms with E-state index in [2.05, 4.69) is 28.1 Å².